The summed E-state index contributed by atoms with van der Waals surface area (Å²) in [6.07, 6.45) is 2.60. The van der Waals surface area contributed by atoms with E-state index in [9.17, 15) is 9.59 Å². The molecule has 0 saturated carbocycles. The predicted molar refractivity (Wildman–Crippen MR) is 98.7 cm³/mol. The normalized spacial score (nSPS) is 13.2. The van der Waals surface area contributed by atoms with Gasteiger partial charge in [0, 0.05) is 31.3 Å². The van der Waals surface area contributed by atoms with Gasteiger partial charge in [-0.2, -0.15) is 0 Å². The number of nitrogens with one attached hydrogen (secondary N) is 2. The third-order valence-corrected chi connectivity index (χ3v) is 5.06. The zero-order valence-corrected chi connectivity index (χ0v) is 15.1. The topological polar surface area (TPSA) is 74.3 Å². The van der Waals surface area contributed by atoms with Gasteiger partial charge in [0.1, 0.15) is 0 Å². The Bertz CT molecular complexity index is 745. The van der Waals surface area contributed by atoms with E-state index in [1.165, 1.54) is 23.8 Å². The maximum absolute atomic E-state index is 12.3. The molecule has 132 valence electrons. The molecule has 1 aromatic heterocycles. The Kier molecular flexibility index (Phi) is 5.65. The number of benzene rings is 1. The van der Waals surface area contributed by atoms with Gasteiger partial charge in [-0.05, 0) is 18.4 Å². The number of hydrogen-bond donors (Lipinski definition) is 2. The number of anilines is 1. The van der Waals surface area contributed by atoms with Crippen LogP contribution in [-0.2, 0) is 24.2 Å². The van der Waals surface area contributed by atoms with Crippen LogP contribution in [-0.4, -0.2) is 34.9 Å². The van der Waals surface area contributed by atoms with E-state index < -0.39 is 0 Å². The molecule has 2 N–H and O–H groups in total. The number of thiazole rings is 1. The molecule has 7 heteroatoms. The summed E-state index contributed by atoms with van der Waals surface area (Å²) < 4.78 is 0. The summed E-state index contributed by atoms with van der Waals surface area (Å²) in [5.41, 5.74) is 2.27. The fraction of sp³-hybridized carbons (Fsp3) is 0.389. The van der Waals surface area contributed by atoms with E-state index in [0.29, 0.717) is 24.8 Å². The Labute approximate surface area is 151 Å². The van der Waals surface area contributed by atoms with Crippen molar-refractivity contribution >= 4 is 28.4 Å². The molecule has 0 fully saturated rings. The number of carbonyl (C=O) groups is 2. The molecular formula is C18H22N4O2S. The fourth-order valence-electron chi connectivity index (χ4n) is 2.82. The Balaban J connectivity index is 1.45. The van der Waals surface area contributed by atoms with E-state index in [0.717, 1.165) is 29.8 Å². The zero-order valence-electron chi connectivity index (χ0n) is 14.2. The second kappa shape index (κ2) is 8.11. The van der Waals surface area contributed by atoms with Crippen LogP contribution in [0.15, 0.2) is 30.3 Å². The molecule has 0 bridgehead atoms. The average Bonchev–Trinajstić information content (AvgIpc) is 3.00. The first-order valence-corrected chi connectivity index (χ1v) is 9.26. The van der Waals surface area contributed by atoms with Gasteiger partial charge in [-0.3, -0.25) is 4.79 Å². The molecular weight excluding hydrogens is 336 g/mol. The quantitative estimate of drug-likeness (QED) is 0.807. The molecule has 1 aromatic carbocycles. The number of urea groups is 1. The molecule has 1 aliphatic heterocycles. The number of nitrogens with zero attached hydrogens (tertiary/aromatic N) is 2. The number of aryl methyl sites for hydroxylation is 1. The first-order valence-electron chi connectivity index (χ1n) is 8.44. The smallest absolute Gasteiger partial charge is 0.317 e. The highest BCUT2D eigenvalue weighted by atomic mass is 32.1. The predicted octanol–water partition coefficient (Wildman–Crippen LogP) is 2.80. The van der Waals surface area contributed by atoms with Crippen molar-refractivity contribution in [1.82, 2.24) is 15.2 Å². The lowest BCUT2D eigenvalue weighted by Gasteiger charge is -2.26. The molecule has 0 spiro atoms. The van der Waals surface area contributed by atoms with Gasteiger partial charge in [0.2, 0.25) is 5.91 Å². The van der Waals surface area contributed by atoms with Gasteiger partial charge in [-0.1, -0.05) is 41.7 Å². The molecule has 0 aliphatic carbocycles. The van der Waals surface area contributed by atoms with E-state index in [1.807, 2.05) is 18.2 Å². The van der Waals surface area contributed by atoms with Crippen LogP contribution in [0.1, 0.15) is 29.5 Å². The highest BCUT2D eigenvalue weighted by molar-refractivity contribution is 7.15. The van der Waals surface area contributed by atoms with Crippen molar-refractivity contribution < 1.29 is 9.59 Å². The summed E-state index contributed by atoms with van der Waals surface area (Å²) in [6, 6.07) is 10.2. The first kappa shape index (κ1) is 17.4. The minimum atomic E-state index is -0.126. The lowest BCUT2D eigenvalue weighted by atomic mass is 10.1. The number of rotatable bonds is 5. The Morgan fingerprint density at radius 1 is 1.28 bits per heavy atom. The van der Waals surface area contributed by atoms with Crippen molar-refractivity contribution in [3.8, 4) is 0 Å². The van der Waals surface area contributed by atoms with E-state index in [2.05, 4.69) is 27.8 Å². The van der Waals surface area contributed by atoms with Crippen LogP contribution in [0.4, 0.5) is 9.93 Å². The largest absolute Gasteiger partial charge is 0.338 e. The van der Waals surface area contributed by atoms with Crippen LogP contribution in [0.2, 0.25) is 0 Å². The van der Waals surface area contributed by atoms with Crippen molar-refractivity contribution in [2.24, 2.45) is 0 Å². The molecule has 2 heterocycles. The molecule has 2 aromatic rings. The highest BCUT2D eigenvalue weighted by Gasteiger charge is 2.24. The van der Waals surface area contributed by atoms with Gasteiger partial charge in [0.05, 0.1) is 12.2 Å². The average molecular weight is 358 g/mol. The molecule has 0 unspecified atom stereocenters. The zero-order chi connectivity index (χ0) is 17.6. The second-order valence-corrected chi connectivity index (χ2v) is 7.15. The lowest BCUT2D eigenvalue weighted by Crippen LogP contribution is -2.42. The van der Waals surface area contributed by atoms with Crippen molar-refractivity contribution in [3.05, 3.63) is 46.5 Å². The maximum atomic E-state index is 12.3. The van der Waals surface area contributed by atoms with Crippen molar-refractivity contribution in [1.29, 1.82) is 0 Å². The minimum Gasteiger partial charge on any atom is -0.338 e. The number of aromatic nitrogens is 1. The summed E-state index contributed by atoms with van der Waals surface area (Å²) >= 11 is 1.45. The van der Waals surface area contributed by atoms with E-state index in [4.69, 9.17) is 0 Å². The monoisotopic (exact) mass is 358 g/mol. The van der Waals surface area contributed by atoms with Crippen LogP contribution in [0, 0.1) is 0 Å². The standard InChI is InChI=1S/C18H22N4O2S/c1-13(23)20-17-21-15-9-11-22(12-16(15)25-17)18(24)19-10-5-8-14-6-3-2-4-7-14/h2-4,6-7H,5,8-12H2,1H3,(H,19,24)(H,20,21,23). The third-order valence-electron chi connectivity index (χ3n) is 4.06. The van der Waals surface area contributed by atoms with Crippen LogP contribution < -0.4 is 10.6 Å². The number of amides is 3. The second-order valence-electron chi connectivity index (χ2n) is 6.06. The molecule has 0 radical (unpaired) electrons. The molecule has 0 atom stereocenters. The van der Waals surface area contributed by atoms with Gasteiger partial charge in [-0.25, -0.2) is 9.78 Å². The molecule has 6 nitrogen and oxygen atoms in total. The van der Waals surface area contributed by atoms with Gasteiger partial charge >= 0.3 is 6.03 Å². The maximum Gasteiger partial charge on any atom is 0.317 e. The summed E-state index contributed by atoms with van der Waals surface area (Å²) in [6.45, 7) is 3.34. The molecule has 1 aliphatic rings. The van der Waals surface area contributed by atoms with Crippen molar-refractivity contribution in [2.75, 3.05) is 18.4 Å². The Morgan fingerprint density at radius 2 is 2.08 bits per heavy atom. The third kappa shape index (κ3) is 4.79. The van der Waals surface area contributed by atoms with Gasteiger partial charge in [0.25, 0.3) is 0 Å². The first-order chi connectivity index (χ1) is 12.1. The lowest BCUT2D eigenvalue weighted by molar-refractivity contribution is -0.114. The van der Waals surface area contributed by atoms with E-state index in [1.54, 1.807) is 4.90 Å². The SMILES string of the molecule is CC(=O)Nc1nc2c(s1)CN(C(=O)NCCCc1ccccc1)CC2. The molecule has 25 heavy (non-hydrogen) atoms. The number of hydrogen-bond acceptors (Lipinski definition) is 4. The Morgan fingerprint density at radius 3 is 2.84 bits per heavy atom. The van der Waals surface area contributed by atoms with E-state index in [-0.39, 0.29) is 11.9 Å². The minimum absolute atomic E-state index is 0.0341. The summed E-state index contributed by atoms with van der Waals surface area (Å²) in [5, 5.41) is 6.32. The van der Waals surface area contributed by atoms with Crippen molar-refractivity contribution in [3.63, 3.8) is 0 Å². The molecule has 3 amide bonds. The van der Waals surface area contributed by atoms with Crippen LogP contribution in [0.3, 0.4) is 0 Å². The highest BCUT2D eigenvalue weighted by Crippen LogP contribution is 2.28. The van der Waals surface area contributed by atoms with E-state index >= 15 is 0 Å². The fourth-order valence-corrected chi connectivity index (χ4v) is 3.89. The van der Waals surface area contributed by atoms with Gasteiger partial charge in [-0.15, -0.1) is 0 Å². The molecule has 3 rings (SSSR count). The number of fused-ring (bicyclic) bond motifs is 1. The van der Waals surface area contributed by atoms with Crippen LogP contribution in [0.25, 0.3) is 0 Å². The van der Waals surface area contributed by atoms with Crippen molar-refractivity contribution in [2.45, 2.75) is 32.7 Å². The summed E-state index contributed by atoms with van der Waals surface area (Å²) in [4.78, 5) is 30.7. The van der Waals surface area contributed by atoms with Gasteiger partial charge < -0.3 is 15.5 Å². The summed E-state index contributed by atoms with van der Waals surface area (Å²) in [7, 11) is 0. The number of carbonyl (C=O) groups excluding carboxylic acids is 2. The van der Waals surface area contributed by atoms with Gasteiger partial charge in [0.15, 0.2) is 5.13 Å². The van der Waals surface area contributed by atoms with Crippen LogP contribution >= 0.6 is 11.3 Å². The summed E-state index contributed by atoms with van der Waals surface area (Å²) in [5.74, 6) is -0.126. The van der Waals surface area contributed by atoms with Crippen LogP contribution in [0.5, 0.6) is 0 Å². The molecule has 0 saturated heterocycles. The Hall–Kier alpha value is -2.41.